The normalized spacial score (nSPS) is 11.9. The molecule has 0 unspecified atom stereocenters. The average Bonchev–Trinajstić information content (AvgIpc) is 3.20. The van der Waals surface area contributed by atoms with Gasteiger partial charge in [0.15, 0.2) is 0 Å². The van der Waals surface area contributed by atoms with E-state index in [2.05, 4.69) is 61.9 Å². The van der Waals surface area contributed by atoms with Crippen LogP contribution in [0.15, 0.2) is 42.6 Å². The predicted octanol–water partition coefficient (Wildman–Crippen LogP) is 5.01. The molecule has 2 rings (SSSR count). The van der Waals surface area contributed by atoms with E-state index in [1.165, 1.54) is 11.1 Å². The molecule has 2 aromatic rings. The molecule has 0 saturated carbocycles. The van der Waals surface area contributed by atoms with E-state index in [9.17, 15) is 9.59 Å². The molecular weight excluding hydrogens is 386 g/mol. The molecule has 1 aromatic heterocycles. The van der Waals surface area contributed by atoms with E-state index >= 15 is 0 Å². The summed E-state index contributed by atoms with van der Waals surface area (Å²) in [7, 11) is 0. The number of unbranched alkanes of at least 4 members (excludes halogenated alkanes) is 1. The van der Waals surface area contributed by atoms with Crippen LogP contribution in [0.25, 0.3) is 0 Å². The van der Waals surface area contributed by atoms with Crippen LogP contribution in [0.4, 0.5) is 0 Å². The van der Waals surface area contributed by atoms with E-state index in [1.807, 2.05) is 24.8 Å². The Hall–Kier alpha value is -2.56. The molecule has 5 heteroatoms. The molecule has 0 saturated heterocycles. The molecule has 0 radical (unpaired) electrons. The fourth-order valence-corrected chi connectivity index (χ4v) is 3.75. The van der Waals surface area contributed by atoms with Crippen molar-refractivity contribution in [1.82, 2.24) is 14.4 Å². The van der Waals surface area contributed by atoms with Gasteiger partial charge in [-0.05, 0) is 44.4 Å². The van der Waals surface area contributed by atoms with Crippen molar-refractivity contribution >= 4 is 11.8 Å². The zero-order valence-corrected chi connectivity index (χ0v) is 19.9. The van der Waals surface area contributed by atoms with Gasteiger partial charge in [-0.3, -0.25) is 9.59 Å². The fraction of sp³-hybridized carbons (Fsp3) is 0.538. The summed E-state index contributed by atoms with van der Waals surface area (Å²) in [6.45, 7) is 12.4. The van der Waals surface area contributed by atoms with Gasteiger partial charge in [0.25, 0.3) is 0 Å². The van der Waals surface area contributed by atoms with Crippen LogP contribution in [-0.4, -0.2) is 45.3 Å². The second-order valence-corrected chi connectivity index (χ2v) is 8.42. The number of nitrogens with zero attached hydrogens (tertiary/aromatic N) is 3. The van der Waals surface area contributed by atoms with Crippen molar-refractivity contribution in [1.29, 1.82) is 0 Å². The first-order valence-corrected chi connectivity index (χ1v) is 11.7. The van der Waals surface area contributed by atoms with Crippen molar-refractivity contribution in [3.8, 4) is 0 Å². The third-order valence-electron chi connectivity index (χ3n) is 5.90. The molecule has 170 valence electrons. The van der Waals surface area contributed by atoms with Gasteiger partial charge < -0.3 is 14.4 Å². The van der Waals surface area contributed by atoms with Gasteiger partial charge in [-0.15, -0.1) is 0 Å². The van der Waals surface area contributed by atoms with Gasteiger partial charge in [0.05, 0.1) is 13.1 Å². The average molecular weight is 426 g/mol. The molecule has 5 nitrogen and oxygen atoms in total. The Bertz CT molecular complexity index is 843. The van der Waals surface area contributed by atoms with Crippen LogP contribution in [0.2, 0.25) is 0 Å². The maximum atomic E-state index is 13.3. The highest BCUT2D eigenvalue weighted by Gasteiger charge is 2.24. The lowest BCUT2D eigenvalue weighted by molar-refractivity contribution is -0.142. The van der Waals surface area contributed by atoms with E-state index in [0.717, 1.165) is 31.5 Å². The molecule has 1 atom stereocenters. The van der Waals surface area contributed by atoms with E-state index in [-0.39, 0.29) is 24.4 Å². The molecule has 0 aliphatic rings. The number of aromatic nitrogens is 1. The molecular formula is C26H39N3O2. The van der Waals surface area contributed by atoms with Crippen molar-refractivity contribution in [2.24, 2.45) is 0 Å². The first kappa shape index (κ1) is 24.7. The van der Waals surface area contributed by atoms with Crippen LogP contribution >= 0.6 is 0 Å². The smallest absolute Gasteiger partial charge is 0.242 e. The van der Waals surface area contributed by atoms with Gasteiger partial charge >= 0.3 is 0 Å². The quantitative estimate of drug-likeness (QED) is 0.480. The maximum absolute atomic E-state index is 13.3. The van der Waals surface area contributed by atoms with Gasteiger partial charge in [-0.1, -0.05) is 57.0 Å². The highest BCUT2D eigenvalue weighted by molar-refractivity contribution is 5.85. The molecule has 0 N–H and O–H groups in total. The zero-order chi connectivity index (χ0) is 22.8. The number of benzene rings is 1. The zero-order valence-electron chi connectivity index (χ0n) is 19.9. The Morgan fingerprint density at radius 2 is 1.84 bits per heavy atom. The summed E-state index contributed by atoms with van der Waals surface area (Å²) in [6.07, 6.45) is 5.32. The minimum absolute atomic E-state index is 0.0267. The fourth-order valence-electron chi connectivity index (χ4n) is 3.75. The summed E-state index contributed by atoms with van der Waals surface area (Å²) < 4.78 is 2.21. The number of carbonyl (C=O) groups excluding carboxylic acids is 2. The molecule has 31 heavy (non-hydrogen) atoms. The number of hydrogen-bond donors (Lipinski definition) is 0. The summed E-state index contributed by atoms with van der Waals surface area (Å²) in [6, 6.07) is 12.7. The Balaban J connectivity index is 2.17. The van der Waals surface area contributed by atoms with Crippen molar-refractivity contribution < 1.29 is 9.59 Å². The van der Waals surface area contributed by atoms with E-state index in [4.69, 9.17) is 0 Å². The molecule has 0 aliphatic carbocycles. The van der Waals surface area contributed by atoms with Crippen molar-refractivity contribution in [2.75, 3.05) is 13.1 Å². The highest BCUT2D eigenvalue weighted by atomic mass is 16.2. The van der Waals surface area contributed by atoms with E-state index < -0.39 is 0 Å². The Morgan fingerprint density at radius 1 is 1.06 bits per heavy atom. The van der Waals surface area contributed by atoms with Crippen molar-refractivity contribution in [3.63, 3.8) is 0 Å². The molecule has 0 spiro atoms. The summed E-state index contributed by atoms with van der Waals surface area (Å²) in [5, 5.41) is 0. The Morgan fingerprint density at radius 3 is 2.48 bits per heavy atom. The lowest BCUT2D eigenvalue weighted by atomic mass is 10.1. The molecule has 2 amide bonds. The van der Waals surface area contributed by atoms with E-state index in [0.29, 0.717) is 19.5 Å². The summed E-state index contributed by atoms with van der Waals surface area (Å²) in [4.78, 5) is 29.4. The number of aryl methyl sites for hydroxylation is 1. The third-order valence-corrected chi connectivity index (χ3v) is 5.90. The predicted molar refractivity (Wildman–Crippen MR) is 127 cm³/mol. The summed E-state index contributed by atoms with van der Waals surface area (Å²) >= 11 is 0. The van der Waals surface area contributed by atoms with Gasteiger partial charge in [-0.2, -0.15) is 0 Å². The number of carbonyl (C=O) groups is 2. The number of hydrogen-bond acceptors (Lipinski definition) is 2. The van der Waals surface area contributed by atoms with Gasteiger partial charge in [0.2, 0.25) is 11.8 Å². The Kier molecular flexibility index (Phi) is 9.83. The SMILES string of the molecule is CCCCN(Cc1cccn1Cc1cccc(C)c1)C(=O)CN(C(=O)CC)[C@@H](C)CC. The standard InChI is InChI=1S/C26H39N3O2/c1-6-9-15-28(26(31)20-29(22(5)7-2)25(30)8-3)19-24-14-11-16-27(24)18-23-13-10-12-21(4)17-23/h10-14,16-17,22H,6-9,15,18-20H2,1-5H3/t22-/m0/s1. The first-order valence-electron chi connectivity index (χ1n) is 11.7. The highest BCUT2D eigenvalue weighted by Crippen LogP contribution is 2.14. The summed E-state index contributed by atoms with van der Waals surface area (Å²) in [5.41, 5.74) is 3.61. The third kappa shape index (κ3) is 7.27. The monoisotopic (exact) mass is 425 g/mol. The number of amides is 2. The minimum atomic E-state index is 0.0267. The molecule has 1 heterocycles. The molecule has 0 aliphatic heterocycles. The topological polar surface area (TPSA) is 45.6 Å². The van der Waals surface area contributed by atoms with Gasteiger partial charge in [0, 0.05) is 37.4 Å². The van der Waals surface area contributed by atoms with Crippen LogP contribution in [0.1, 0.15) is 70.2 Å². The van der Waals surface area contributed by atoms with Crippen LogP contribution in [0.3, 0.4) is 0 Å². The van der Waals surface area contributed by atoms with Crippen LogP contribution < -0.4 is 0 Å². The number of rotatable bonds is 12. The van der Waals surface area contributed by atoms with Crippen LogP contribution in [0.5, 0.6) is 0 Å². The van der Waals surface area contributed by atoms with Crippen LogP contribution in [-0.2, 0) is 22.7 Å². The van der Waals surface area contributed by atoms with Crippen molar-refractivity contribution in [3.05, 3.63) is 59.4 Å². The second-order valence-electron chi connectivity index (χ2n) is 8.42. The largest absolute Gasteiger partial charge is 0.345 e. The molecule has 1 aromatic carbocycles. The van der Waals surface area contributed by atoms with Gasteiger partial charge in [-0.25, -0.2) is 0 Å². The Labute approximate surface area is 188 Å². The lowest BCUT2D eigenvalue weighted by Gasteiger charge is -2.31. The second kappa shape index (κ2) is 12.3. The van der Waals surface area contributed by atoms with Gasteiger partial charge in [0.1, 0.15) is 0 Å². The maximum Gasteiger partial charge on any atom is 0.242 e. The van der Waals surface area contributed by atoms with E-state index in [1.54, 1.807) is 4.90 Å². The lowest BCUT2D eigenvalue weighted by Crippen LogP contribution is -2.46. The van der Waals surface area contributed by atoms with Crippen LogP contribution in [0, 0.1) is 6.92 Å². The summed E-state index contributed by atoms with van der Waals surface area (Å²) in [5.74, 6) is 0.0693. The first-order chi connectivity index (χ1) is 14.9. The minimum Gasteiger partial charge on any atom is -0.345 e. The molecule has 0 bridgehead atoms. The molecule has 0 fully saturated rings. The van der Waals surface area contributed by atoms with Crippen molar-refractivity contribution in [2.45, 2.75) is 79.4 Å².